The van der Waals surface area contributed by atoms with Gasteiger partial charge in [0.15, 0.2) is 0 Å². The molecule has 0 heterocycles. The summed E-state index contributed by atoms with van der Waals surface area (Å²) in [6, 6.07) is 0. The van der Waals surface area contributed by atoms with E-state index in [2.05, 4.69) is 13.2 Å². The molecule has 0 spiro atoms. The van der Waals surface area contributed by atoms with Crippen molar-refractivity contribution in [2.75, 3.05) is 0 Å². The highest BCUT2D eigenvalue weighted by molar-refractivity contribution is 6.30. The van der Waals surface area contributed by atoms with E-state index in [1.54, 1.807) is 0 Å². The minimum atomic E-state index is -0.468. The van der Waals surface area contributed by atoms with Crippen molar-refractivity contribution in [1.29, 1.82) is 0 Å². The monoisotopic (exact) mass is 132 g/mol. The lowest BCUT2D eigenvalue weighted by molar-refractivity contribution is 0.667. The quantitative estimate of drug-likeness (QED) is 0.507. The van der Waals surface area contributed by atoms with Crippen LogP contribution in [-0.4, -0.2) is 0 Å². The summed E-state index contributed by atoms with van der Waals surface area (Å²) in [7, 11) is 0. The van der Waals surface area contributed by atoms with Crippen LogP contribution < -0.4 is 0 Å². The van der Waals surface area contributed by atoms with Crippen molar-refractivity contribution in [2.24, 2.45) is 0 Å². The Kier molecular flexibility index (Phi) is 3.20. The highest BCUT2D eigenvalue weighted by atomic mass is 35.5. The van der Waals surface area contributed by atoms with E-state index in [0.29, 0.717) is 0 Å². The van der Waals surface area contributed by atoms with Gasteiger partial charge in [0.25, 0.3) is 0 Å². The number of halogens is 2. The molecular weight excluding hydrogens is 127 g/mol. The third kappa shape index (κ3) is 3.62. The summed E-state index contributed by atoms with van der Waals surface area (Å²) in [5.41, 5.74) is 0. The van der Waals surface area contributed by atoms with Gasteiger partial charge in [-0.3, -0.25) is 0 Å². The lowest BCUT2D eigenvalue weighted by Crippen LogP contribution is -1.61. The molecule has 8 heavy (non-hydrogen) atoms. The van der Waals surface area contributed by atoms with Crippen molar-refractivity contribution < 1.29 is 4.39 Å². The Labute approximate surface area is 53.0 Å². The van der Waals surface area contributed by atoms with Gasteiger partial charge in [-0.1, -0.05) is 24.8 Å². The van der Waals surface area contributed by atoms with Gasteiger partial charge in [-0.25, -0.2) is 4.39 Å². The number of hydrogen-bond donors (Lipinski definition) is 0. The third-order valence-electron chi connectivity index (χ3n) is 0.490. The first kappa shape index (κ1) is 7.44. The van der Waals surface area contributed by atoms with Crippen LogP contribution in [0.2, 0.25) is 0 Å². The van der Waals surface area contributed by atoms with Crippen molar-refractivity contribution in [1.82, 2.24) is 0 Å². The number of hydrogen-bond acceptors (Lipinski definition) is 0. The SMILES string of the molecule is C=C/C(F)=C\C(=C)Cl. The van der Waals surface area contributed by atoms with Gasteiger partial charge in [-0.15, -0.1) is 0 Å². The molecule has 0 N–H and O–H groups in total. The van der Waals surface area contributed by atoms with E-state index in [9.17, 15) is 4.39 Å². The van der Waals surface area contributed by atoms with E-state index < -0.39 is 5.83 Å². The van der Waals surface area contributed by atoms with E-state index in [-0.39, 0.29) is 5.03 Å². The molecule has 0 aliphatic rings. The Morgan fingerprint density at radius 1 is 1.62 bits per heavy atom. The van der Waals surface area contributed by atoms with Crippen LogP contribution in [0.3, 0.4) is 0 Å². The topological polar surface area (TPSA) is 0 Å². The zero-order valence-corrected chi connectivity index (χ0v) is 5.08. The summed E-state index contributed by atoms with van der Waals surface area (Å²) in [5, 5.41) is 0.169. The molecule has 0 aromatic carbocycles. The van der Waals surface area contributed by atoms with Crippen LogP contribution in [0.15, 0.2) is 36.2 Å². The highest BCUT2D eigenvalue weighted by Crippen LogP contribution is 2.05. The van der Waals surface area contributed by atoms with Gasteiger partial charge in [0.05, 0.1) is 0 Å². The second-order valence-electron chi connectivity index (χ2n) is 1.18. The smallest absolute Gasteiger partial charge is 0.124 e. The van der Waals surface area contributed by atoms with Crippen LogP contribution in [0.5, 0.6) is 0 Å². The van der Waals surface area contributed by atoms with Gasteiger partial charge in [-0.05, 0) is 12.2 Å². The molecule has 44 valence electrons. The van der Waals surface area contributed by atoms with Crippen LogP contribution in [-0.2, 0) is 0 Å². The molecule has 0 amide bonds. The molecule has 0 fully saturated rings. The van der Waals surface area contributed by atoms with E-state index in [4.69, 9.17) is 11.6 Å². The predicted molar refractivity (Wildman–Crippen MR) is 34.4 cm³/mol. The zero-order chi connectivity index (χ0) is 6.57. The summed E-state index contributed by atoms with van der Waals surface area (Å²) in [6.07, 6.45) is 2.15. The molecule has 0 bridgehead atoms. The fraction of sp³-hybridized carbons (Fsp3) is 0. The predicted octanol–water partition coefficient (Wildman–Crippen LogP) is 2.78. The summed E-state index contributed by atoms with van der Waals surface area (Å²) in [4.78, 5) is 0. The molecule has 0 atom stereocenters. The number of rotatable bonds is 2. The van der Waals surface area contributed by atoms with Gasteiger partial charge in [0.1, 0.15) is 5.83 Å². The van der Waals surface area contributed by atoms with Crippen molar-refractivity contribution in [2.45, 2.75) is 0 Å². The summed E-state index contributed by atoms with van der Waals surface area (Å²) in [6.45, 7) is 6.41. The molecule has 0 aromatic rings. The molecule has 0 saturated carbocycles. The second-order valence-corrected chi connectivity index (χ2v) is 1.67. The van der Waals surface area contributed by atoms with Crippen molar-refractivity contribution >= 4 is 11.6 Å². The maximum absolute atomic E-state index is 12.0. The molecule has 0 rings (SSSR count). The Hall–Kier alpha value is -0.560. The summed E-state index contributed by atoms with van der Waals surface area (Å²) in [5.74, 6) is -0.468. The van der Waals surface area contributed by atoms with Gasteiger partial charge < -0.3 is 0 Å². The average Bonchev–Trinajstić information content (AvgIpc) is 1.65. The maximum atomic E-state index is 12.0. The fourth-order valence-corrected chi connectivity index (χ4v) is 0.313. The average molecular weight is 133 g/mol. The maximum Gasteiger partial charge on any atom is 0.124 e. The highest BCUT2D eigenvalue weighted by Gasteiger charge is 1.83. The summed E-state index contributed by atoms with van der Waals surface area (Å²) < 4.78 is 12.0. The van der Waals surface area contributed by atoms with Crippen molar-refractivity contribution in [3.8, 4) is 0 Å². The molecule has 0 nitrogen and oxygen atoms in total. The first-order valence-electron chi connectivity index (χ1n) is 2.01. The standard InChI is InChI=1S/C6H6ClF/c1-3-6(8)4-5(2)7/h3-4H,1-2H2/b6-4+. The van der Waals surface area contributed by atoms with Crippen LogP contribution in [0, 0.1) is 0 Å². The molecule has 0 saturated heterocycles. The van der Waals surface area contributed by atoms with E-state index >= 15 is 0 Å². The lowest BCUT2D eigenvalue weighted by atomic mass is 10.4. The lowest BCUT2D eigenvalue weighted by Gasteiger charge is -1.81. The minimum absolute atomic E-state index is 0.169. The third-order valence-corrected chi connectivity index (χ3v) is 0.599. The van der Waals surface area contributed by atoms with E-state index in [0.717, 1.165) is 12.2 Å². The van der Waals surface area contributed by atoms with E-state index in [1.807, 2.05) is 0 Å². The number of allylic oxidation sites excluding steroid dienone is 4. The van der Waals surface area contributed by atoms with Gasteiger partial charge >= 0.3 is 0 Å². The van der Waals surface area contributed by atoms with Crippen molar-refractivity contribution in [3.05, 3.63) is 36.2 Å². The summed E-state index contributed by atoms with van der Waals surface area (Å²) >= 11 is 5.19. The zero-order valence-electron chi connectivity index (χ0n) is 4.32. The molecule has 2 heteroatoms. The van der Waals surface area contributed by atoms with Crippen LogP contribution in [0.4, 0.5) is 4.39 Å². The van der Waals surface area contributed by atoms with Gasteiger partial charge in [0, 0.05) is 5.03 Å². The van der Waals surface area contributed by atoms with E-state index in [1.165, 1.54) is 0 Å². The van der Waals surface area contributed by atoms with Gasteiger partial charge in [0.2, 0.25) is 0 Å². The second kappa shape index (κ2) is 3.44. The first-order valence-corrected chi connectivity index (χ1v) is 2.38. The molecule has 0 unspecified atom stereocenters. The van der Waals surface area contributed by atoms with Crippen molar-refractivity contribution in [3.63, 3.8) is 0 Å². The van der Waals surface area contributed by atoms with Crippen LogP contribution >= 0.6 is 11.6 Å². The first-order chi connectivity index (χ1) is 3.66. The van der Waals surface area contributed by atoms with Gasteiger partial charge in [-0.2, -0.15) is 0 Å². The minimum Gasteiger partial charge on any atom is -0.207 e. The fourth-order valence-electron chi connectivity index (χ4n) is 0.209. The molecule has 0 radical (unpaired) electrons. The Balaban J connectivity index is 3.94. The van der Waals surface area contributed by atoms with Crippen LogP contribution in [0.1, 0.15) is 0 Å². The molecular formula is C6H6ClF. The Morgan fingerprint density at radius 2 is 2.12 bits per heavy atom. The normalized spacial score (nSPS) is 11.0. The largest absolute Gasteiger partial charge is 0.207 e. The molecule has 0 aliphatic carbocycles. The Morgan fingerprint density at radius 3 is 2.25 bits per heavy atom. The van der Waals surface area contributed by atoms with Crippen LogP contribution in [0.25, 0.3) is 0 Å². The molecule has 0 aliphatic heterocycles. The Bertz CT molecular complexity index is 135. The molecule has 0 aromatic heterocycles.